The SMILES string of the molecule is N#Cc1cncc(-c2ncc[nH]c2=S)c1. The fraction of sp³-hybridized carbons (Fsp3) is 0. The summed E-state index contributed by atoms with van der Waals surface area (Å²) in [4.78, 5) is 11.0. The molecule has 0 fully saturated rings. The lowest BCUT2D eigenvalue weighted by molar-refractivity contribution is 1.17. The Balaban J connectivity index is 2.61. The van der Waals surface area contributed by atoms with Crippen LogP contribution in [0.15, 0.2) is 30.9 Å². The van der Waals surface area contributed by atoms with Gasteiger partial charge >= 0.3 is 0 Å². The lowest BCUT2D eigenvalue weighted by Gasteiger charge is -1.99. The van der Waals surface area contributed by atoms with E-state index in [4.69, 9.17) is 17.5 Å². The smallest absolute Gasteiger partial charge is 0.129 e. The molecule has 15 heavy (non-hydrogen) atoms. The van der Waals surface area contributed by atoms with Crippen LogP contribution in [0.2, 0.25) is 0 Å². The first-order chi connectivity index (χ1) is 7.31. The third-order valence-corrected chi connectivity index (χ3v) is 2.16. The molecule has 1 N–H and O–H groups in total. The Hall–Kier alpha value is -2.06. The van der Waals surface area contributed by atoms with E-state index in [0.29, 0.717) is 15.9 Å². The minimum absolute atomic E-state index is 0.493. The van der Waals surface area contributed by atoms with Crippen molar-refractivity contribution in [3.05, 3.63) is 41.1 Å². The van der Waals surface area contributed by atoms with Gasteiger partial charge in [0, 0.05) is 30.4 Å². The highest BCUT2D eigenvalue weighted by Gasteiger charge is 2.02. The summed E-state index contributed by atoms with van der Waals surface area (Å²) in [6.45, 7) is 0. The highest BCUT2D eigenvalue weighted by molar-refractivity contribution is 7.71. The van der Waals surface area contributed by atoms with Gasteiger partial charge in [0.25, 0.3) is 0 Å². The van der Waals surface area contributed by atoms with Crippen LogP contribution in [0.25, 0.3) is 11.3 Å². The van der Waals surface area contributed by atoms with Crippen molar-refractivity contribution in [1.82, 2.24) is 15.0 Å². The van der Waals surface area contributed by atoms with Gasteiger partial charge in [-0.25, -0.2) is 0 Å². The molecule has 0 bridgehead atoms. The predicted octanol–water partition coefficient (Wildman–Crippen LogP) is 2.07. The lowest BCUT2D eigenvalue weighted by Crippen LogP contribution is -1.89. The van der Waals surface area contributed by atoms with Crippen LogP contribution in [0.3, 0.4) is 0 Å². The summed E-state index contributed by atoms with van der Waals surface area (Å²) in [5.74, 6) is 0. The third-order valence-electron chi connectivity index (χ3n) is 1.85. The second-order valence-corrected chi connectivity index (χ2v) is 3.25. The topological polar surface area (TPSA) is 65.4 Å². The quantitative estimate of drug-likeness (QED) is 0.738. The molecule has 0 spiro atoms. The van der Waals surface area contributed by atoms with E-state index in [2.05, 4.69) is 15.0 Å². The minimum Gasteiger partial charge on any atom is -0.350 e. The fourth-order valence-corrected chi connectivity index (χ4v) is 1.43. The monoisotopic (exact) mass is 214 g/mol. The molecule has 72 valence electrons. The van der Waals surface area contributed by atoms with Crippen molar-refractivity contribution in [3.8, 4) is 17.3 Å². The lowest BCUT2D eigenvalue weighted by atomic mass is 10.2. The first kappa shape index (κ1) is 9.49. The Morgan fingerprint density at radius 1 is 1.40 bits per heavy atom. The van der Waals surface area contributed by atoms with Crippen molar-refractivity contribution < 1.29 is 0 Å². The van der Waals surface area contributed by atoms with E-state index in [1.165, 1.54) is 6.20 Å². The highest BCUT2D eigenvalue weighted by atomic mass is 32.1. The number of aromatic nitrogens is 3. The molecule has 0 saturated carbocycles. The molecule has 0 aliphatic rings. The van der Waals surface area contributed by atoms with Gasteiger partial charge in [-0.1, -0.05) is 12.2 Å². The van der Waals surface area contributed by atoms with E-state index in [9.17, 15) is 0 Å². The Morgan fingerprint density at radius 2 is 2.27 bits per heavy atom. The van der Waals surface area contributed by atoms with Crippen LogP contribution in [0.1, 0.15) is 5.56 Å². The molecular formula is C10H6N4S. The Morgan fingerprint density at radius 3 is 3.00 bits per heavy atom. The van der Waals surface area contributed by atoms with Crippen molar-refractivity contribution in [2.45, 2.75) is 0 Å². The van der Waals surface area contributed by atoms with Crippen LogP contribution in [-0.4, -0.2) is 15.0 Å². The summed E-state index contributed by atoms with van der Waals surface area (Å²) >= 11 is 5.08. The zero-order valence-electron chi connectivity index (χ0n) is 7.64. The standard InChI is InChI=1S/C10H6N4S/c11-4-7-3-8(6-12-5-7)9-10(15)14-2-1-13-9/h1-3,5-6H,(H,14,15). The number of hydrogen-bond donors (Lipinski definition) is 1. The van der Waals surface area contributed by atoms with Crippen LogP contribution < -0.4 is 0 Å². The number of aromatic amines is 1. The van der Waals surface area contributed by atoms with Gasteiger partial charge in [0.2, 0.25) is 0 Å². The van der Waals surface area contributed by atoms with Crippen LogP contribution >= 0.6 is 12.2 Å². The molecule has 0 atom stereocenters. The third kappa shape index (κ3) is 1.90. The number of pyridine rings is 1. The van der Waals surface area contributed by atoms with Crippen molar-refractivity contribution in [2.75, 3.05) is 0 Å². The Kier molecular flexibility index (Phi) is 2.52. The number of rotatable bonds is 1. The van der Waals surface area contributed by atoms with Crippen LogP contribution in [0.5, 0.6) is 0 Å². The first-order valence-corrected chi connectivity index (χ1v) is 4.61. The molecule has 0 aromatic carbocycles. The maximum absolute atomic E-state index is 8.73. The van der Waals surface area contributed by atoms with E-state index in [1.807, 2.05) is 6.07 Å². The van der Waals surface area contributed by atoms with Crippen molar-refractivity contribution in [1.29, 1.82) is 5.26 Å². The first-order valence-electron chi connectivity index (χ1n) is 4.20. The van der Waals surface area contributed by atoms with Gasteiger partial charge in [-0.15, -0.1) is 0 Å². The summed E-state index contributed by atoms with van der Waals surface area (Å²) in [6, 6.07) is 3.73. The van der Waals surface area contributed by atoms with E-state index in [0.717, 1.165) is 5.56 Å². The molecule has 0 aliphatic carbocycles. The molecule has 5 heteroatoms. The van der Waals surface area contributed by atoms with E-state index >= 15 is 0 Å². The normalized spacial score (nSPS) is 9.53. The summed E-state index contributed by atoms with van der Waals surface area (Å²) in [5, 5.41) is 8.73. The summed E-state index contributed by atoms with van der Waals surface area (Å²) in [6.07, 6.45) is 6.41. The maximum atomic E-state index is 8.73. The van der Waals surface area contributed by atoms with Gasteiger partial charge in [0.05, 0.1) is 5.56 Å². The fourth-order valence-electron chi connectivity index (χ4n) is 1.19. The van der Waals surface area contributed by atoms with Gasteiger partial charge in [0.1, 0.15) is 16.4 Å². The predicted molar refractivity (Wildman–Crippen MR) is 57.4 cm³/mol. The number of H-pyrrole nitrogens is 1. The summed E-state index contributed by atoms with van der Waals surface area (Å²) in [7, 11) is 0. The van der Waals surface area contributed by atoms with E-state index in [1.54, 1.807) is 24.7 Å². The molecule has 0 unspecified atom stereocenters. The summed E-state index contributed by atoms with van der Waals surface area (Å²) in [5.41, 5.74) is 1.88. The summed E-state index contributed by atoms with van der Waals surface area (Å²) < 4.78 is 0.536. The average Bonchev–Trinajstić information content (AvgIpc) is 2.30. The van der Waals surface area contributed by atoms with Gasteiger partial charge < -0.3 is 4.98 Å². The largest absolute Gasteiger partial charge is 0.350 e. The highest BCUT2D eigenvalue weighted by Crippen LogP contribution is 2.16. The van der Waals surface area contributed by atoms with Crippen LogP contribution in [-0.2, 0) is 0 Å². The molecule has 0 aliphatic heterocycles. The molecule has 0 radical (unpaired) electrons. The van der Waals surface area contributed by atoms with E-state index in [-0.39, 0.29) is 0 Å². The minimum atomic E-state index is 0.493. The molecule has 2 aromatic rings. The van der Waals surface area contributed by atoms with Crippen molar-refractivity contribution in [2.24, 2.45) is 0 Å². The second-order valence-electron chi connectivity index (χ2n) is 2.84. The van der Waals surface area contributed by atoms with Crippen molar-refractivity contribution >= 4 is 12.2 Å². The van der Waals surface area contributed by atoms with Crippen LogP contribution in [0.4, 0.5) is 0 Å². The molecule has 0 saturated heterocycles. The number of nitrogens with one attached hydrogen (secondary N) is 1. The van der Waals surface area contributed by atoms with Gasteiger partial charge in [-0.3, -0.25) is 9.97 Å². The average molecular weight is 214 g/mol. The maximum Gasteiger partial charge on any atom is 0.129 e. The van der Waals surface area contributed by atoms with Crippen molar-refractivity contribution in [3.63, 3.8) is 0 Å². The molecule has 2 heterocycles. The van der Waals surface area contributed by atoms with Gasteiger partial charge in [0.15, 0.2) is 0 Å². The van der Waals surface area contributed by atoms with E-state index < -0.39 is 0 Å². The molecule has 4 nitrogen and oxygen atoms in total. The molecule has 0 amide bonds. The Labute approximate surface area is 91.3 Å². The van der Waals surface area contributed by atoms with Crippen LogP contribution in [0, 0.1) is 16.0 Å². The zero-order valence-corrected chi connectivity index (χ0v) is 8.45. The molecule has 2 rings (SSSR count). The van der Waals surface area contributed by atoms with Gasteiger partial charge in [-0.2, -0.15) is 5.26 Å². The number of hydrogen-bond acceptors (Lipinski definition) is 4. The Bertz CT molecular complexity index is 582. The number of nitriles is 1. The van der Waals surface area contributed by atoms with Gasteiger partial charge in [-0.05, 0) is 6.07 Å². The second kappa shape index (κ2) is 3.98. The zero-order chi connectivity index (χ0) is 10.7. The molecule has 2 aromatic heterocycles. The number of nitrogens with zero attached hydrogens (tertiary/aromatic N) is 3. The molecular weight excluding hydrogens is 208 g/mol.